The van der Waals surface area contributed by atoms with Gasteiger partial charge in [0.1, 0.15) is 0 Å². The summed E-state index contributed by atoms with van der Waals surface area (Å²) in [6.07, 6.45) is 3.32. The van der Waals surface area contributed by atoms with Crippen molar-refractivity contribution in [3.8, 4) is 0 Å². The van der Waals surface area contributed by atoms with Crippen molar-refractivity contribution in [1.82, 2.24) is 20.3 Å². The lowest BCUT2D eigenvalue weighted by Gasteiger charge is -2.24. The molecule has 1 aromatic rings. The summed E-state index contributed by atoms with van der Waals surface area (Å²) in [6.45, 7) is 5.18. The fourth-order valence-electron chi connectivity index (χ4n) is 1.45. The molecule has 0 atom stereocenters. The zero-order valence-electron chi connectivity index (χ0n) is 9.69. The van der Waals surface area contributed by atoms with Crippen LogP contribution < -0.4 is 5.32 Å². The quantitative estimate of drug-likeness (QED) is 0.723. The number of hydrogen-bond donors (Lipinski definition) is 2. The van der Waals surface area contributed by atoms with Crippen LogP contribution >= 0.6 is 0 Å². The summed E-state index contributed by atoms with van der Waals surface area (Å²) in [5.74, 6) is 0. The van der Waals surface area contributed by atoms with Crippen LogP contribution in [0.3, 0.4) is 0 Å². The first-order chi connectivity index (χ1) is 7.13. The van der Waals surface area contributed by atoms with Crippen LogP contribution in [0.5, 0.6) is 0 Å². The van der Waals surface area contributed by atoms with Crippen LogP contribution in [-0.2, 0) is 13.1 Å². The molecule has 0 amide bonds. The fourth-order valence-corrected chi connectivity index (χ4v) is 1.45. The second-order valence-electron chi connectivity index (χ2n) is 3.87. The molecule has 86 valence electrons. The average Bonchev–Trinajstić information content (AvgIpc) is 2.66. The van der Waals surface area contributed by atoms with Crippen molar-refractivity contribution in [2.75, 3.05) is 7.05 Å². The van der Waals surface area contributed by atoms with Gasteiger partial charge in [0.15, 0.2) is 0 Å². The topological polar surface area (TPSA) is 63.0 Å². The van der Waals surface area contributed by atoms with Crippen molar-refractivity contribution in [1.29, 1.82) is 0 Å². The Kier molecular flexibility index (Phi) is 4.23. The Morgan fingerprint density at radius 2 is 2.13 bits per heavy atom. The number of hydrogen-bond acceptors (Lipinski definition) is 4. The molecule has 1 heterocycles. The van der Waals surface area contributed by atoms with Crippen molar-refractivity contribution in [2.24, 2.45) is 0 Å². The Hall–Kier alpha value is -0.940. The first kappa shape index (κ1) is 12.1. The summed E-state index contributed by atoms with van der Waals surface area (Å²) in [6, 6.07) is 0. The molecule has 0 radical (unpaired) electrons. The molecule has 0 aliphatic rings. The molecule has 0 saturated carbocycles. The molecule has 0 bridgehead atoms. The van der Waals surface area contributed by atoms with Gasteiger partial charge in [-0.1, -0.05) is 19.1 Å². The smallest absolute Gasteiger partial charge is 0.0964 e. The van der Waals surface area contributed by atoms with Gasteiger partial charge in [0.25, 0.3) is 0 Å². The number of rotatable bonds is 6. The monoisotopic (exact) mass is 212 g/mol. The van der Waals surface area contributed by atoms with Gasteiger partial charge < -0.3 is 10.4 Å². The Balaban J connectivity index is 2.63. The SMILES string of the molecule is CCC(O)(CC)Cn1cc(CNC)nn1. The number of aliphatic hydroxyl groups is 1. The molecule has 5 nitrogen and oxygen atoms in total. The van der Waals surface area contributed by atoms with E-state index in [-0.39, 0.29) is 0 Å². The first-order valence-electron chi connectivity index (χ1n) is 5.39. The molecule has 15 heavy (non-hydrogen) atoms. The summed E-state index contributed by atoms with van der Waals surface area (Å²) < 4.78 is 1.71. The molecule has 1 rings (SSSR count). The normalized spacial score (nSPS) is 12.0. The summed E-state index contributed by atoms with van der Waals surface area (Å²) >= 11 is 0. The van der Waals surface area contributed by atoms with E-state index in [0.29, 0.717) is 13.1 Å². The van der Waals surface area contributed by atoms with E-state index in [1.807, 2.05) is 27.1 Å². The van der Waals surface area contributed by atoms with Crippen LogP contribution in [0.15, 0.2) is 6.20 Å². The van der Waals surface area contributed by atoms with E-state index in [0.717, 1.165) is 18.5 Å². The molecular weight excluding hydrogens is 192 g/mol. The van der Waals surface area contributed by atoms with Crippen LogP contribution in [0.25, 0.3) is 0 Å². The molecule has 0 spiro atoms. The maximum absolute atomic E-state index is 10.1. The molecule has 1 aromatic heterocycles. The van der Waals surface area contributed by atoms with Gasteiger partial charge in [0.05, 0.1) is 17.8 Å². The second kappa shape index (κ2) is 5.23. The van der Waals surface area contributed by atoms with E-state index >= 15 is 0 Å². The molecular formula is C10H20N4O. The Morgan fingerprint density at radius 3 is 2.67 bits per heavy atom. The van der Waals surface area contributed by atoms with E-state index in [4.69, 9.17) is 0 Å². The third kappa shape index (κ3) is 3.28. The van der Waals surface area contributed by atoms with Gasteiger partial charge in [0.2, 0.25) is 0 Å². The molecule has 0 unspecified atom stereocenters. The number of nitrogens with one attached hydrogen (secondary N) is 1. The van der Waals surface area contributed by atoms with Crippen molar-refractivity contribution < 1.29 is 5.11 Å². The lowest BCUT2D eigenvalue weighted by Crippen LogP contribution is -2.32. The average molecular weight is 212 g/mol. The van der Waals surface area contributed by atoms with Gasteiger partial charge >= 0.3 is 0 Å². The largest absolute Gasteiger partial charge is 0.388 e. The maximum atomic E-state index is 10.1. The Morgan fingerprint density at radius 1 is 1.47 bits per heavy atom. The number of aromatic nitrogens is 3. The van der Waals surface area contributed by atoms with E-state index in [9.17, 15) is 5.11 Å². The second-order valence-corrected chi connectivity index (χ2v) is 3.87. The Labute approximate surface area is 90.5 Å². The van der Waals surface area contributed by atoms with Gasteiger partial charge in [0, 0.05) is 12.7 Å². The molecule has 0 fully saturated rings. The minimum Gasteiger partial charge on any atom is -0.388 e. The zero-order valence-corrected chi connectivity index (χ0v) is 9.69. The minimum atomic E-state index is -0.662. The van der Waals surface area contributed by atoms with Crippen molar-refractivity contribution in [3.05, 3.63) is 11.9 Å². The van der Waals surface area contributed by atoms with Crippen LogP contribution in [-0.4, -0.2) is 32.7 Å². The highest BCUT2D eigenvalue weighted by atomic mass is 16.3. The molecule has 2 N–H and O–H groups in total. The van der Waals surface area contributed by atoms with Crippen molar-refractivity contribution in [2.45, 2.75) is 45.4 Å². The highest BCUT2D eigenvalue weighted by molar-refractivity contribution is 4.92. The van der Waals surface area contributed by atoms with Crippen molar-refractivity contribution >= 4 is 0 Å². The van der Waals surface area contributed by atoms with Crippen molar-refractivity contribution in [3.63, 3.8) is 0 Å². The fraction of sp³-hybridized carbons (Fsp3) is 0.800. The summed E-state index contributed by atoms with van der Waals surface area (Å²) in [5, 5.41) is 21.1. The van der Waals surface area contributed by atoms with Crippen LogP contribution in [0.1, 0.15) is 32.4 Å². The van der Waals surface area contributed by atoms with Gasteiger partial charge in [-0.05, 0) is 19.9 Å². The number of nitrogens with zero attached hydrogens (tertiary/aromatic N) is 3. The summed E-state index contributed by atoms with van der Waals surface area (Å²) in [5.41, 5.74) is 0.233. The molecule has 0 aromatic carbocycles. The minimum absolute atomic E-state index is 0.511. The zero-order chi connectivity index (χ0) is 11.3. The van der Waals surface area contributed by atoms with Gasteiger partial charge in [-0.25, -0.2) is 4.68 Å². The molecule has 0 aliphatic heterocycles. The lowest BCUT2D eigenvalue weighted by atomic mass is 9.98. The molecule has 5 heteroatoms. The predicted molar refractivity (Wildman–Crippen MR) is 58.3 cm³/mol. The maximum Gasteiger partial charge on any atom is 0.0964 e. The molecule has 0 saturated heterocycles. The van der Waals surface area contributed by atoms with E-state index in [1.165, 1.54) is 0 Å². The van der Waals surface area contributed by atoms with E-state index in [2.05, 4.69) is 15.6 Å². The van der Waals surface area contributed by atoms with Gasteiger partial charge in [-0.15, -0.1) is 5.10 Å². The molecule has 0 aliphatic carbocycles. The highest BCUT2D eigenvalue weighted by Crippen LogP contribution is 2.16. The third-order valence-electron chi connectivity index (χ3n) is 2.72. The van der Waals surface area contributed by atoms with Crippen LogP contribution in [0.4, 0.5) is 0 Å². The highest BCUT2D eigenvalue weighted by Gasteiger charge is 2.23. The predicted octanol–water partition coefficient (Wildman–Crippen LogP) is 0.549. The third-order valence-corrected chi connectivity index (χ3v) is 2.72. The summed E-state index contributed by atoms with van der Waals surface area (Å²) in [4.78, 5) is 0. The van der Waals surface area contributed by atoms with Gasteiger partial charge in [-0.2, -0.15) is 0 Å². The summed E-state index contributed by atoms with van der Waals surface area (Å²) in [7, 11) is 1.87. The first-order valence-corrected chi connectivity index (χ1v) is 5.39. The van der Waals surface area contributed by atoms with Gasteiger partial charge in [-0.3, -0.25) is 0 Å². The Bertz CT molecular complexity index is 293. The van der Waals surface area contributed by atoms with E-state index < -0.39 is 5.60 Å². The van der Waals surface area contributed by atoms with Crippen LogP contribution in [0.2, 0.25) is 0 Å². The van der Waals surface area contributed by atoms with Crippen LogP contribution in [0, 0.1) is 0 Å². The van der Waals surface area contributed by atoms with E-state index in [1.54, 1.807) is 4.68 Å². The standard InChI is InChI=1S/C10H20N4O/c1-4-10(15,5-2)8-14-7-9(6-11-3)12-13-14/h7,11,15H,4-6,8H2,1-3H3. The lowest BCUT2D eigenvalue weighted by molar-refractivity contribution is 0.0114.